The van der Waals surface area contributed by atoms with Gasteiger partial charge in [-0.25, -0.2) is 4.39 Å². The fourth-order valence-electron chi connectivity index (χ4n) is 1.99. The Morgan fingerprint density at radius 2 is 2.06 bits per heavy atom. The van der Waals surface area contributed by atoms with Gasteiger partial charge in [0.05, 0.1) is 12.1 Å². The van der Waals surface area contributed by atoms with Crippen molar-refractivity contribution in [3.8, 4) is 11.4 Å². The number of halogens is 1. The van der Waals surface area contributed by atoms with Gasteiger partial charge < -0.3 is 10.3 Å². The first kappa shape index (κ1) is 12.7. The summed E-state index contributed by atoms with van der Waals surface area (Å²) in [5.41, 5.74) is 6.97. The summed E-state index contributed by atoms with van der Waals surface area (Å²) < 4.78 is 15.8. The molecule has 96 valence electrons. The summed E-state index contributed by atoms with van der Waals surface area (Å²) in [5.74, 6) is 0.913. The highest BCUT2D eigenvalue weighted by molar-refractivity contribution is 5.57. The summed E-state index contributed by atoms with van der Waals surface area (Å²) in [6.07, 6.45) is 0. The molecule has 0 amide bonds. The fourth-order valence-corrected chi connectivity index (χ4v) is 1.99. The van der Waals surface area contributed by atoms with Gasteiger partial charge in [-0.1, -0.05) is 6.07 Å². The average molecular weight is 248 g/mol. The van der Waals surface area contributed by atoms with Gasteiger partial charge in [0.15, 0.2) is 5.82 Å². The van der Waals surface area contributed by atoms with Crippen LogP contribution in [0.15, 0.2) is 18.2 Å². The third kappa shape index (κ3) is 2.13. The predicted octanol–water partition coefficient (Wildman–Crippen LogP) is 2.43. The molecule has 2 aromatic rings. The van der Waals surface area contributed by atoms with E-state index in [0.717, 1.165) is 5.56 Å². The zero-order chi connectivity index (χ0) is 13.3. The van der Waals surface area contributed by atoms with Gasteiger partial charge in [0, 0.05) is 6.04 Å². The molecule has 2 rings (SSSR count). The monoisotopic (exact) mass is 248 g/mol. The minimum atomic E-state index is -0.284. The minimum Gasteiger partial charge on any atom is -0.324 e. The molecule has 0 bridgehead atoms. The molecule has 0 fully saturated rings. The Bertz CT molecular complexity index is 560. The maximum Gasteiger partial charge on any atom is 0.167 e. The Morgan fingerprint density at radius 1 is 1.33 bits per heavy atom. The van der Waals surface area contributed by atoms with E-state index in [9.17, 15) is 4.39 Å². The van der Waals surface area contributed by atoms with Crippen LogP contribution in [0.3, 0.4) is 0 Å². The van der Waals surface area contributed by atoms with Gasteiger partial charge in [-0.3, -0.25) is 0 Å². The van der Waals surface area contributed by atoms with Crippen molar-refractivity contribution in [3.05, 3.63) is 35.4 Å². The molecule has 0 aliphatic heterocycles. The van der Waals surface area contributed by atoms with Crippen molar-refractivity contribution in [1.82, 2.24) is 14.8 Å². The summed E-state index contributed by atoms with van der Waals surface area (Å²) in [6.45, 7) is 6.14. The van der Waals surface area contributed by atoms with E-state index in [1.165, 1.54) is 6.07 Å². The Morgan fingerprint density at radius 3 is 2.61 bits per heavy atom. The van der Waals surface area contributed by atoms with E-state index in [1.54, 1.807) is 6.07 Å². The average Bonchev–Trinajstić information content (AvgIpc) is 2.72. The molecular weight excluding hydrogens is 231 g/mol. The molecular formula is C13H17FN4. The first-order valence-corrected chi connectivity index (χ1v) is 5.95. The number of aryl methyl sites for hydroxylation is 1. The second kappa shape index (κ2) is 4.86. The molecule has 1 aromatic heterocycles. The Balaban J connectivity index is 2.60. The van der Waals surface area contributed by atoms with Gasteiger partial charge in [-0.15, -0.1) is 10.2 Å². The minimum absolute atomic E-state index is 0.134. The summed E-state index contributed by atoms with van der Waals surface area (Å²) >= 11 is 0. The summed E-state index contributed by atoms with van der Waals surface area (Å²) in [4.78, 5) is 0. The molecule has 4 nitrogen and oxygen atoms in total. The maximum absolute atomic E-state index is 14.0. The molecule has 1 heterocycles. The van der Waals surface area contributed by atoms with E-state index >= 15 is 0 Å². The van der Waals surface area contributed by atoms with Crippen LogP contribution >= 0.6 is 0 Å². The van der Waals surface area contributed by atoms with Gasteiger partial charge in [-0.05, 0) is 38.5 Å². The van der Waals surface area contributed by atoms with Crippen molar-refractivity contribution in [2.24, 2.45) is 5.73 Å². The van der Waals surface area contributed by atoms with E-state index in [1.807, 2.05) is 31.4 Å². The van der Waals surface area contributed by atoms with Gasteiger partial charge in [0.25, 0.3) is 0 Å². The highest BCUT2D eigenvalue weighted by Crippen LogP contribution is 2.25. The van der Waals surface area contributed by atoms with E-state index < -0.39 is 0 Å². The van der Waals surface area contributed by atoms with Gasteiger partial charge >= 0.3 is 0 Å². The molecule has 0 saturated carbocycles. The third-order valence-electron chi connectivity index (χ3n) is 2.83. The fraction of sp³-hybridized carbons (Fsp3) is 0.385. The van der Waals surface area contributed by atoms with Crippen molar-refractivity contribution in [2.45, 2.75) is 33.4 Å². The molecule has 0 unspecified atom stereocenters. The number of aromatic nitrogens is 3. The molecule has 1 aromatic carbocycles. The SMILES string of the molecule is Cc1ccc(-c2nnc(CN)n2C(C)C)c(F)c1. The van der Waals surface area contributed by atoms with Crippen LogP contribution in [0, 0.1) is 12.7 Å². The number of nitrogens with two attached hydrogens (primary N) is 1. The highest BCUT2D eigenvalue weighted by Gasteiger charge is 2.17. The molecule has 0 saturated heterocycles. The van der Waals surface area contributed by atoms with E-state index in [0.29, 0.717) is 23.8 Å². The quantitative estimate of drug-likeness (QED) is 0.907. The summed E-state index contributed by atoms with van der Waals surface area (Å²) in [6, 6.07) is 5.22. The van der Waals surface area contributed by atoms with Crippen molar-refractivity contribution in [3.63, 3.8) is 0 Å². The second-order valence-corrected chi connectivity index (χ2v) is 4.59. The Kier molecular flexibility index (Phi) is 3.43. The highest BCUT2D eigenvalue weighted by atomic mass is 19.1. The first-order valence-electron chi connectivity index (χ1n) is 5.95. The maximum atomic E-state index is 14.0. The smallest absolute Gasteiger partial charge is 0.167 e. The Labute approximate surface area is 106 Å². The largest absolute Gasteiger partial charge is 0.324 e. The molecule has 0 radical (unpaired) electrons. The topological polar surface area (TPSA) is 56.7 Å². The molecule has 18 heavy (non-hydrogen) atoms. The molecule has 0 aliphatic rings. The third-order valence-corrected chi connectivity index (χ3v) is 2.83. The zero-order valence-corrected chi connectivity index (χ0v) is 10.8. The van der Waals surface area contributed by atoms with Crippen LogP contribution in [0.5, 0.6) is 0 Å². The van der Waals surface area contributed by atoms with Crippen molar-refractivity contribution >= 4 is 0 Å². The van der Waals surface area contributed by atoms with Crippen LogP contribution in [0.2, 0.25) is 0 Å². The second-order valence-electron chi connectivity index (χ2n) is 4.59. The van der Waals surface area contributed by atoms with Crippen LogP contribution in [0.1, 0.15) is 31.3 Å². The normalized spacial score (nSPS) is 11.2. The molecule has 0 spiro atoms. The van der Waals surface area contributed by atoms with E-state index in [4.69, 9.17) is 5.73 Å². The number of hydrogen-bond acceptors (Lipinski definition) is 3. The Hall–Kier alpha value is -1.75. The lowest BCUT2D eigenvalue weighted by Crippen LogP contribution is -2.12. The first-order chi connectivity index (χ1) is 8.54. The van der Waals surface area contributed by atoms with Gasteiger partial charge in [0.2, 0.25) is 0 Å². The van der Waals surface area contributed by atoms with Crippen LogP contribution in [-0.2, 0) is 6.54 Å². The number of benzene rings is 1. The standard InChI is InChI=1S/C13H17FN4/c1-8(2)18-12(7-15)16-17-13(18)10-5-4-9(3)6-11(10)14/h4-6,8H,7,15H2,1-3H3. The van der Waals surface area contributed by atoms with Crippen molar-refractivity contribution < 1.29 is 4.39 Å². The zero-order valence-electron chi connectivity index (χ0n) is 10.8. The van der Waals surface area contributed by atoms with Gasteiger partial charge in [0.1, 0.15) is 11.6 Å². The lowest BCUT2D eigenvalue weighted by molar-refractivity contribution is 0.569. The molecule has 0 atom stereocenters. The molecule has 2 N–H and O–H groups in total. The lowest BCUT2D eigenvalue weighted by Gasteiger charge is -2.13. The summed E-state index contributed by atoms with van der Waals surface area (Å²) in [5, 5.41) is 8.08. The van der Waals surface area contributed by atoms with Crippen LogP contribution in [0.4, 0.5) is 4.39 Å². The predicted molar refractivity (Wildman–Crippen MR) is 68.4 cm³/mol. The number of hydrogen-bond donors (Lipinski definition) is 1. The molecule has 0 aliphatic carbocycles. The van der Waals surface area contributed by atoms with Crippen molar-refractivity contribution in [2.75, 3.05) is 0 Å². The number of rotatable bonds is 3. The number of nitrogens with zero attached hydrogens (tertiary/aromatic N) is 3. The van der Waals surface area contributed by atoms with Crippen molar-refractivity contribution in [1.29, 1.82) is 0 Å². The molecule has 5 heteroatoms. The summed E-state index contributed by atoms with van der Waals surface area (Å²) in [7, 11) is 0. The van der Waals surface area contributed by atoms with Crippen LogP contribution in [0.25, 0.3) is 11.4 Å². The van der Waals surface area contributed by atoms with Crippen LogP contribution < -0.4 is 5.73 Å². The van der Waals surface area contributed by atoms with Gasteiger partial charge in [-0.2, -0.15) is 0 Å². The van der Waals surface area contributed by atoms with E-state index in [-0.39, 0.29) is 11.9 Å². The van der Waals surface area contributed by atoms with E-state index in [2.05, 4.69) is 10.2 Å². The lowest BCUT2D eigenvalue weighted by atomic mass is 10.1. The van der Waals surface area contributed by atoms with Crippen LogP contribution in [-0.4, -0.2) is 14.8 Å².